The summed E-state index contributed by atoms with van der Waals surface area (Å²) in [4.78, 5) is 15.3. The Bertz CT molecular complexity index is 1020. The van der Waals surface area contributed by atoms with Gasteiger partial charge in [0.1, 0.15) is 0 Å². The topological polar surface area (TPSA) is 101 Å². The maximum atomic E-state index is 12.7. The van der Waals surface area contributed by atoms with Gasteiger partial charge in [0.05, 0.1) is 4.90 Å². The summed E-state index contributed by atoms with van der Waals surface area (Å²) >= 11 is 0. The van der Waals surface area contributed by atoms with E-state index in [1.54, 1.807) is 30.3 Å². The van der Waals surface area contributed by atoms with Crippen LogP contribution in [0.1, 0.15) is 5.56 Å². The number of fused-ring (bicyclic) bond motifs is 1. The predicted molar refractivity (Wildman–Crippen MR) is 87.7 cm³/mol. The Morgan fingerprint density at radius 3 is 2.67 bits per heavy atom. The molecule has 24 heavy (non-hydrogen) atoms. The Morgan fingerprint density at radius 2 is 1.96 bits per heavy atom. The lowest BCUT2D eigenvalue weighted by molar-refractivity contribution is -0.124. The van der Waals surface area contributed by atoms with Crippen LogP contribution < -0.4 is 5.48 Å². The van der Waals surface area contributed by atoms with E-state index in [4.69, 9.17) is 5.21 Å². The van der Waals surface area contributed by atoms with E-state index in [9.17, 15) is 13.2 Å². The van der Waals surface area contributed by atoms with Gasteiger partial charge in [-0.15, -0.1) is 0 Å². The highest BCUT2D eigenvalue weighted by Gasteiger charge is 2.19. The summed E-state index contributed by atoms with van der Waals surface area (Å²) in [6, 6.07) is 11.4. The fraction of sp³-hybridized carbons (Fsp3) is 0. The normalized spacial score (nSPS) is 11.9. The first kappa shape index (κ1) is 15.9. The smallest absolute Gasteiger partial charge is 0.269 e. The summed E-state index contributed by atoms with van der Waals surface area (Å²) in [5, 5.41) is 9.06. The van der Waals surface area contributed by atoms with E-state index in [2.05, 4.69) is 4.98 Å². The van der Waals surface area contributed by atoms with Crippen molar-refractivity contribution in [3.05, 3.63) is 66.5 Å². The molecule has 2 N–H and O–H groups in total. The molecule has 8 heteroatoms. The second-order valence-corrected chi connectivity index (χ2v) is 6.74. The van der Waals surface area contributed by atoms with Crippen LogP contribution in [-0.2, 0) is 14.8 Å². The summed E-state index contributed by atoms with van der Waals surface area (Å²) in [6.45, 7) is 0. The third-order valence-corrected chi connectivity index (χ3v) is 5.03. The molecule has 3 rings (SSSR count). The van der Waals surface area contributed by atoms with Crippen LogP contribution in [0.3, 0.4) is 0 Å². The third kappa shape index (κ3) is 2.92. The minimum Gasteiger partial charge on any atom is -0.288 e. The van der Waals surface area contributed by atoms with Crippen LogP contribution >= 0.6 is 0 Å². The fourth-order valence-corrected chi connectivity index (χ4v) is 3.55. The Balaban J connectivity index is 2.03. The van der Waals surface area contributed by atoms with Crippen molar-refractivity contribution < 1.29 is 18.4 Å². The standard InChI is InChI=1S/C16H13N3O4S/c20-15(18-21)7-6-12-10-13-8-9-19(16(13)17-11-12)24(22,23)14-4-2-1-3-5-14/h1-11,21H,(H,18,20). The fourth-order valence-electron chi connectivity index (χ4n) is 2.22. The average Bonchev–Trinajstić information content (AvgIpc) is 3.04. The molecule has 2 aromatic heterocycles. The summed E-state index contributed by atoms with van der Waals surface area (Å²) < 4.78 is 26.5. The summed E-state index contributed by atoms with van der Waals surface area (Å²) in [7, 11) is -3.73. The molecule has 0 aliphatic carbocycles. The molecule has 0 unspecified atom stereocenters. The van der Waals surface area contributed by atoms with Crippen LogP contribution in [0.15, 0.2) is 65.8 Å². The minimum atomic E-state index is -3.73. The third-order valence-electron chi connectivity index (χ3n) is 3.35. The molecule has 0 spiro atoms. The van der Waals surface area contributed by atoms with Crippen molar-refractivity contribution >= 4 is 33.0 Å². The van der Waals surface area contributed by atoms with Crippen molar-refractivity contribution in [3.8, 4) is 0 Å². The number of amides is 1. The average molecular weight is 343 g/mol. The first-order valence-electron chi connectivity index (χ1n) is 6.92. The van der Waals surface area contributed by atoms with Gasteiger partial charge < -0.3 is 0 Å². The zero-order chi connectivity index (χ0) is 17.2. The van der Waals surface area contributed by atoms with Crippen LogP contribution in [0.2, 0.25) is 0 Å². The summed E-state index contributed by atoms with van der Waals surface area (Å²) in [5.41, 5.74) is 2.38. The largest absolute Gasteiger partial charge is 0.288 e. The molecule has 2 heterocycles. The van der Waals surface area contributed by atoms with Gasteiger partial charge in [0.25, 0.3) is 15.9 Å². The van der Waals surface area contributed by atoms with E-state index in [1.807, 2.05) is 0 Å². The zero-order valence-electron chi connectivity index (χ0n) is 12.3. The second kappa shape index (κ2) is 6.26. The molecule has 1 amide bonds. The molecule has 0 bridgehead atoms. The number of carbonyl (C=O) groups is 1. The Labute approximate surface area is 137 Å². The van der Waals surface area contributed by atoms with E-state index in [0.717, 1.165) is 10.0 Å². The molecular formula is C16H13N3O4S. The highest BCUT2D eigenvalue weighted by Crippen LogP contribution is 2.21. The molecule has 1 aromatic carbocycles. The van der Waals surface area contributed by atoms with Crippen molar-refractivity contribution in [1.29, 1.82) is 0 Å². The van der Waals surface area contributed by atoms with Crippen molar-refractivity contribution in [2.24, 2.45) is 0 Å². The molecule has 122 valence electrons. The lowest BCUT2D eigenvalue weighted by atomic mass is 10.2. The van der Waals surface area contributed by atoms with Gasteiger partial charge in [-0.2, -0.15) is 0 Å². The highest BCUT2D eigenvalue weighted by molar-refractivity contribution is 7.90. The van der Waals surface area contributed by atoms with Crippen LogP contribution in [0.25, 0.3) is 17.1 Å². The predicted octanol–water partition coefficient (Wildman–Crippen LogP) is 1.79. The van der Waals surface area contributed by atoms with Crippen molar-refractivity contribution in [2.45, 2.75) is 4.90 Å². The number of nitrogens with one attached hydrogen (secondary N) is 1. The molecule has 0 saturated carbocycles. The van der Waals surface area contributed by atoms with Gasteiger partial charge in [0.15, 0.2) is 5.65 Å². The van der Waals surface area contributed by atoms with Crippen LogP contribution in [0.5, 0.6) is 0 Å². The number of nitrogens with zero attached hydrogens (tertiary/aromatic N) is 2. The first-order valence-corrected chi connectivity index (χ1v) is 8.36. The number of hydrogen-bond donors (Lipinski definition) is 2. The van der Waals surface area contributed by atoms with Gasteiger partial charge in [-0.25, -0.2) is 22.9 Å². The number of benzene rings is 1. The van der Waals surface area contributed by atoms with Gasteiger partial charge in [0.2, 0.25) is 0 Å². The molecule has 0 radical (unpaired) electrons. The maximum absolute atomic E-state index is 12.7. The summed E-state index contributed by atoms with van der Waals surface area (Å²) in [6.07, 6.45) is 5.48. The van der Waals surface area contributed by atoms with Crippen molar-refractivity contribution in [3.63, 3.8) is 0 Å². The molecule has 0 fully saturated rings. The molecular weight excluding hydrogens is 330 g/mol. The van der Waals surface area contributed by atoms with E-state index in [-0.39, 0.29) is 4.90 Å². The Morgan fingerprint density at radius 1 is 1.21 bits per heavy atom. The molecule has 7 nitrogen and oxygen atoms in total. The maximum Gasteiger partial charge on any atom is 0.269 e. The number of hydrogen-bond acceptors (Lipinski definition) is 5. The van der Waals surface area contributed by atoms with Crippen LogP contribution in [0, 0.1) is 0 Å². The lowest BCUT2D eigenvalue weighted by Gasteiger charge is -2.06. The van der Waals surface area contributed by atoms with Gasteiger partial charge in [-0.1, -0.05) is 18.2 Å². The Hall–Kier alpha value is -2.97. The van der Waals surface area contributed by atoms with Crippen LogP contribution in [-0.4, -0.2) is 28.5 Å². The molecule has 3 aromatic rings. The SMILES string of the molecule is O=C(C=Cc1cnc2c(ccn2S(=O)(=O)c2ccccc2)c1)NO. The minimum absolute atomic E-state index is 0.174. The summed E-state index contributed by atoms with van der Waals surface area (Å²) in [5.74, 6) is -0.667. The molecule has 0 aliphatic rings. The zero-order valence-corrected chi connectivity index (χ0v) is 13.1. The molecule has 0 atom stereocenters. The second-order valence-electron chi connectivity index (χ2n) is 4.92. The number of pyridine rings is 1. The molecule has 0 saturated heterocycles. The van der Waals surface area contributed by atoms with Crippen molar-refractivity contribution in [2.75, 3.05) is 0 Å². The highest BCUT2D eigenvalue weighted by atomic mass is 32.2. The molecule has 0 aliphatic heterocycles. The van der Waals surface area contributed by atoms with E-state index < -0.39 is 15.9 Å². The quantitative estimate of drug-likeness (QED) is 0.427. The van der Waals surface area contributed by atoms with Gasteiger partial charge in [-0.05, 0) is 35.9 Å². The van der Waals surface area contributed by atoms with E-state index in [1.165, 1.54) is 36.1 Å². The Kier molecular flexibility index (Phi) is 4.15. The monoisotopic (exact) mass is 343 g/mol. The number of rotatable bonds is 4. The van der Waals surface area contributed by atoms with Gasteiger partial charge >= 0.3 is 0 Å². The van der Waals surface area contributed by atoms with Crippen LogP contribution in [0.4, 0.5) is 0 Å². The van der Waals surface area contributed by atoms with Gasteiger partial charge in [-0.3, -0.25) is 10.0 Å². The number of hydroxylamine groups is 1. The van der Waals surface area contributed by atoms with Gasteiger partial charge in [0, 0.05) is 23.9 Å². The lowest BCUT2D eigenvalue weighted by Crippen LogP contribution is -2.14. The van der Waals surface area contributed by atoms with E-state index >= 15 is 0 Å². The first-order chi connectivity index (χ1) is 11.5. The van der Waals surface area contributed by atoms with Crippen molar-refractivity contribution in [1.82, 2.24) is 14.4 Å². The number of carbonyl (C=O) groups excluding carboxylic acids is 1. The van der Waals surface area contributed by atoms with E-state index in [0.29, 0.717) is 16.6 Å². The number of aromatic nitrogens is 2.